The van der Waals surface area contributed by atoms with Crippen molar-refractivity contribution in [2.24, 2.45) is 0 Å². The maximum atomic E-state index is 12.5. The van der Waals surface area contributed by atoms with E-state index < -0.39 is 0 Å². The molecule has 0 radical (unpaired) electrons. The molecule has 9 heteroatoms. The van der Waals surface area contributed by atoms with Crippen molar-refractivity contribution in [3.63, 3.8) is 0 Å². The predicted molar refractivity (Wildman–Crippen MR) is 274 cm³/mol. The molecule has 0 spiro atoms. The minimum absolute atomic E-state index is 0.109. The van der Waals surface area contributed by atoms with Crippen molar-refractivity contribution >= 4 is 99.0 Å². The van der Waals surface area contributed by atoms with Gasteiger partial charge in [-0.2, -0.15) is 0 Å². The standard InChI is InChI=1S/3C19H17NO2/c1-11-10-19(2,3)20-16-9-17-15(8-14(11)16)12-6-4-5-7-13(12)18(21)22-17;1-11-10-19(2,3)20-14-9-8-13-12-6-4-5-7-15(12)22-18(21)17(13)16(11)14;1-11-10-19(2,3)20-15-9-8-13-12-6-4-5-7-14(12)18(21)22-17(13)16(11)15/h3*4-10,20H,1-3H3. The smallest absolute Gasteiger partial charge is 0.344 e. The van der Waals surface area contributed by atoms with Crippen LogP contribution in [0.25, 0.3) is 81.9 Å². The first-order valence-corrected chi connectivity index (χ1v) is 22.3. The molecule has 0 saturated carbocycles. The third-order valence-electron chi connectivity index (χ3n) is 12.7. The average molecular weight is 874 g/mol. The molecule has 0 unspecified atom stereocenters. The van der Waals surface area contributed by atoms with Gasteiger partial charge in [-0.1, -0.05) is 78.9 Å². The van der Waals surface area contributed by atoms with Crippen LogP contribution in [0.3, 0.4) is 0 Å². The number of para-hydroxylation sites is 1. The number of hydrogen-bond donors (Lipinski definition) is 3. The van der Waals surface area contributed by atoms with Crippen molar-refractivity contribution in [2.45, 2.75) is 78.9 Å². The molecule has 0 bridgehead atoms. The first-order chi connectivity index (χ1) is 31.4. The number of nitrogens with one attached hydrogen (secondary N) is 3. The lowest BCUT2D eigenvalue weighted by atomic mass is 9.88. The molecule has 0 atom stereocenters. The van der Waals surface area contributed by atoms with Crippen molar-refractivity contribution in [2.75, 3.05) is 16.0 Å². The van der Waals surface area contributed by atoms with Crippen molar-refractivity contribution < 1.29 is 13.3 Å². The van der Waals surface area contributed by atoms with E-state index in [1.54, 1.807) is 0 Å². The molecular weight excluding hydrogens is 823 g/mol. The predicted octanol–water partition coefficient (Wildman–Crippen LogP) is 13.7. The van der Waals surface area contributed by atoms with Gasteiger partial charge in [0, 0.05) is 61.4 Å². The number of benzene rings is 6. The highest BCUT2D eigenvalue weighted by atomic mass is 16.4. The van der Waals surface area contributed by atoms with Crippen LogP contribution in [0.1, 0.15) is 79.0 Å². The molecular formula is C57H51N3O6. The maximum absolute atomic E-state index is 12.5. The van der Waals surface area contributed by atoms with E-state index in [0.717, 1.165) is 77.2 Å². The zero-order chi connectivity index (χ0) is 46.4. The van der Waals surface area contributed by atoms with Crippen LogP contribution < -0.4 is 32.8 Å². The molecule has 6 heterocycles. The molecule has 3 aliphatic heterocycles. The molecule has 12 rings (SSSR count). The second-order valence-corrected chi connectivity index (χ2v) is 19.4. The highest BCUT2D eigenvalue weighted by Gasteiger charge is 2.28. The number of hydrogen-bond acceptors (Lipinski definition) is 9. The van der Waals surface area contributed by atoms with Gasteiger partial charge >= 0.3 is 16.9 Å². The molecule has 330 valence electrons. The Balaban J connectivity index is 0.000000116. The highest BCUT2D eigenvalue weighted by Crippen LogP contribution is 2.42. The zero-order valence-corrected chi connectivity index (χ0v) is 38.6. The minimum Gasteiger partial charge on any atom is -0.422 e. The van der Waals surface area contributed by atoms with Gasteiger partial charge in [0.2, 0.25) is 0 Å². The van der Waals surface area contributed by atoms with Crippen molar-refractivity contribution in [3.05, 3.63) is 175 Å². The Labute approximate surface area is 381 Å². The summed E-state index contributed by atoms with van der Waals surface area (Å²) in [5.41, 5.74) is 10.3. The fraction of sp³-hybridized carbons (Fsp3) is 0.211. The zero-order valence-electron chi connectivity index (χ0n) is 38.6. The molecule has 0 saturated heterocycles. The van der Waals surface area contributed by atoms with Gasteiger partial charge in [0.1, 0.15) is 16.7 Å². The van der Waals surface area contributed by atoms with E-state index in [4.69, 9.17) is 13.3 Å². The van der Waals surface area contributed by atoms with Gasteiger partial charge in [-0.05, 0) is 132 Å². The molecule has 3 aliphatic rings. The van der Waals surface area contributed by atoms with Gasteiger partial charge in [-0.25, -0.2) is 14.4 Å². The third kappa shape index (κ3) is 7.34. The Bertz CT molecular complexity index is 3780. The second-order valence-electron chi connectivity index (χ2n) is 19.4. The summed E-state index contributed by atoms with van der Waals surface area (Å²) in [7, 11) is 0. The fourth-order valence-corrected chi connectivity index (χ4v) is 10.3. The van der Waals surface area contributed by atoms with E-state index in [2.05, 4.69) is 115 Å². The lowest BCUT2D eigenvalue weighted by Crippen LogP contribution is -2.31. The molecule has 66 heavy (non-hydrogen) atoms. The van der Waals surface area contributed by atoms with Crippen molar-refractivity contribution in [1.82, 2.24) is 0 Å². The van der Waals surface area contributed by atoms with Crippen LogP contribution in [-0.4, -0.2) is 16.6 Å². The van der Waals surface area contributed by atoms with Crippen LogP contribution in [0.15, 0.2) is 155 Å². The van der Waals surface area contributed by atoms with Crippen molar-refractivity contribution in [3.8, 4) is 0 Å². The fourth-order valence-electron chi connectivity index (χ4n) is 10.3. The lowest BCUT2D eigenvalue weighted by Gasteiger charge is -2.31. The van der Waals surface area contributed by atoms with Crippen LogP contribution in [0, 0.1) is 0 Å². The Kier molecular flexibility index (Phi) is 9.76. The van der Waals surface area contributed by atoms with Gasteiger partial charge in [-0.15, -0.1) is 0 Å². The normalized spacial score (nSPS) is 16.2. The summed E-state index contributed by atoms with van der Waals surface area (Å²) in [5, 5.41) is 18.1. The van der Waals surface area contributed by atoms with Gasteiger partial charge < -0.3 is 29.2 Å². The molecule has 0 amide bonds. The van der Waals surface area contributed by atoms with E-state index in [1.807, 2.05) is 91.0 Å². The van der Waals surface area contributed by atoms with E-state index in [9.17, 15) is 14.4 Å². The Morgan fingerprint density at radius 2 is 0.864 bits per heavy atom. The quantitative estimate of drug-likeness (QED) is 0.101. The van der Waals surface area contributed by atoms with Crippen LogP contribution in [-0.2, 0) is 0 Å². The van der Waals surface area contributed by atoms with Gasteiger partial charge in [0.05, 0.1) is 32.8 Å². The van der Waals surface area contributed by atoms with Crippen LogP contribution in [0.2, 0.25) is 0 Å². The third-order valence-corrected chi connectivity index (χ3v) is 12.7. The first-order valence-electron chi connectivity index (χ1n) is 22.3. The van der Waals surface area contributed by atoms with Crippen LogP contribution >= 0.6 is 0 Å². The second kappa shape index (κ2) is 15.2. The summed E-state index contributed by atoms with van der Waals surface area (Å²) in [6.45, 7) is 19.0. The average Bonchev–Trinajstić information content (AvgIpc) is 3.25. The number of anilines is 3. The first kappa shape index (κ1) is 42.3. The van der Waals surface area contributed by atoms with Crippen LogP contribution in [0.5, 0.6) is 0 Å². The number of allylic oxidation sites excluding steroid dienone is 3. The van der Waals surface area contributed by atoms with E-state index in [-0.39, 0.29) is 33.5 Å². The summed E-state index contributed by atoms with van der Waals surface area (Å²) < 4.78 is 16.7. The molecule has 0 aliphatic carbocycles. The van der Waals surface area contributed by atoms with Gasteiger partial charge in [-0.3, -0.25) is 0 Å². The van der Waals surface area contributed by atoms with Crippen LogP contribution in [0.4, 0.5) is 17.1 Å². The largest absolute Gasteiger partial charge is 0.422 e. The summed E-state index contributed by atoms with van der Waals surface area (Å²) in [6, 6.07) is 35.1. The Morgan fingerprint density at radius 3 is 1.50 bits per heavy atom. The minimum atomic E-state index is -0.287. The molecule has 6 aromatic carbocycles. The summed E-state index contributed by atoms with van der Waals surface area (Å²) in [5.74, 6) is 0. The Morgan fingerprint density at radius 1 is 0.394 bits per heavy atom. The molecule has 3 aromatic heterocycles. The Hall–Kier alpha value is -7.65. The van der Waals surface area contributed by atoms with E-state index in [0.29, 0.717) is 32.9 Å². The monoisotopic (exact) mass is 873 g/mol. The number of fused-ring (bicyclic) bond motifs is 14. The molecule has 0 fully saturated rings. The summed E-state index contributed by atoms with van der Waals surface area (Å²) in [6.07, 6.45) is 6.55. The van der Waals surface area contributed by atoms with E-state index in [1.165, 1.54) is 5.57 Å². The summed E-state index contributed by atoms with van der Waals surface area (Å²) in [4.78, 5) is 37.0. The highest BCUT2D eigenvalue weighted by molar-refractivity contribution is 6.12. The topological polar surface area (TPSA) is 127 Å². The van der Waals surface area contributed by atoms with Gasteiger partial charge in [0.25, 0.3) is 0 Å². The maximum Gasteiger partial charge on any atom is 0.344 e. The molecule has 9 aromatic rings. The van der Waals surface area contributed by atoms with Gasteiger partial charge in [0.15, 0.2) is 0 Å². The SMILES string of the molecule is CC1=CC(C)(C)Nc2cc3oc(=O)c4ccccc4c3cc21.CC1=CC(C)(C)Nc2ccc3c(c21)c(=O)oc1ccccc13.CC1=CC(C)(C)Nc2ccc3c(oc(=O)c4ccccc43)c21. The molecule has 3 N–H and O–H groups in total. The number of rotatable bonds is 0. The van der Waals surface area contributed by atoms with Crippen molar-refractivity contribution in [1.29, 1.82) is 0 Å². The lowest BCUT2D eigenvalue weighted by molar-refractivity contribution is 0.568. The summed E-state index contributed by atoms with van der Waals surface area (Å²) >= 11 is 0. The molecule has 9 nitrogen and oxygen atoms in total. The van der Waals surface area contributed by atoms with E-state index >= 15 is 0 Å².